The largest absolute Gasteiger partial charge is 0.481 e. The van der Waals surface area contributed by atoms with Crippen molar-refractivity contribution in [2.45, 2.75) is 19.5 Å². The second-order valence-electron chi connectivity index (χ2n) is 5.82. The third kappa shape index (κ3) is 4.87. The number of carboxylic acids is 1. The molecule has 0 atom stereocenters. The number of aryl methyl sites for hydroxylation is 1. The first-order chi connectivity index (χ1) is 13.3. The number of rotatable bonds is 7. The van der Waals surface area contributed by atoms with Gasteiger partial charge in [-0.2, -0.15) is 10.2 Å². The van der Waals surface area contributed by atoms with Gasteiger partial charge in [0.25, 0.3) is 5.91 Å². The van der Waals surface area contributed by atoms with Gasteiger partial charge in [0.2, 0.25) is 0 Å². The monoisotopic (exact) mass is 425 g/mol. The van der Waals surface area contributed by atoms with Gasteiger partial charge in [-0.25, -0.2) is 4.39 Å². The van der Waals surface area contributed by atoms with Gasteiger partial charge in [0.05, 0.1) is 19.5 Å². The van der Waals surface area contributed by atoms with E-state index in [1.807, 2.05) is 0 Å². The fourth-order valence-electron chi connectivity index (χ4n) is 2.38. The fourth-order valence-corrected chi connectivity index (χ4v) is 2.80. The zero-order valence-corrected chi connectivity index (χ0v) is 15.8. The molecule has 0 spiro atoms. The van der Waals surface area contributed by atoms with Crippen LogP contribution >= 0.6 is 23.2 Å². The van der Waals surface area contributed by atoms with E-state index in [1.54, 1.807) is 0 Å². The van der Waals surface area contributed by atoms with Crippen molar-refractivity contribution in [1.82, 2.24) is 19.6 Å². The highest BCUT2D eigenvalue weighted by atomic mass is 35.5. The van der Waals surface area contributed by atoms with E-state index in [1.165, 1.54) is 46.0 Å². The van der Waals surface area contributed by atoms with Gasteiger partial charge in [0.15, 0.2) is 11.5 Å². The Labute approximate surface area is 168 Å². The lowest BCUT2D eigenvalue weighted by molar-refractivity contribution is -0.137. The highest BCUT2D eigenvalue weighted by Crippen LogP contribution is 2.23. The van der Waals surface area contributed by atoms with Crippen LogP contribution in [-0.2, 0) is 17.9 Å². The quantitative estimate of drug-likeness (QED) is 0.604. The first-order valence-corrected chi connectivity index (χ1v) is 8.81. The summed E-state index contributed by atoms with van der Waals surface area (Å²) in [6, 6.07) is 5.48. The minimum atomic E-state index is -0.958. The average Bonchev–Trinajstić information content (AvgIpc) is 3.23. The van der Waals surface area contributed by atoms with Crippen LogP contribution in [-0.4, -0.2) is 36.5 Å². The van der Waals surface area contributed by atoms with Crippen molar-refractivity contribution in [3.63, 3.8) is 0 Å². The molecule has 0 aliphatic rings. The minimum absolute atomic E-state index is 0.0950. The molecule has 2 heterocycles. The molecule has 0 saturated carbocycles. The lowest BCUT2D eigenvalue weighted by Crippen LogP contribution is -2.15. The van der Waals surface area contributed by atoms with Crippen LogP contribution in [0.4, 0.5) is 10.2 Å². The van der Waals surface area contributed by atoms with E-state index in [0.29, 0.717) is 5.56 Å². The number of aromatic nitrogens is 4. The lowest BCUT2D eigenvalue weighted by atomic mass is 10.2. The Hall–Kier alpha value is -2.91. The van der Waals surface area contributed by atoms with Crippen LogP contribution in [0.25, 0.3) is 0 Å². The van der Waals surface area contributed by atoms with Gasteiger partial charge < -0.3 is 10.4 Å². The van der Waals surface area contributed by atoms with Crippen LogP contribution in [0.3, 0.4) is 0 Å². The van der Waals surface area contributed by atoms with Gasteiger partial charge in [0, 0.05) is 17.4 Å². The van der Waals surface area contributed by atoms with Crippen molar-refractivity contribution in [1.29, 1.82) is 0 Å². The molecule has 28 heavy (non-hydrogen) atoms. The molecule has 0 radical (unpaired) electrons. The predicted octanol–water partition coefficient (Wildman–Crippen LogP) is 3.30. The lowest BCUT2D eigenvalue weighted by Gasteiger charge is -2.04. The number of hydrogen-bond acceptors (Lipinski definition) is 4. The second kappa shape index (κ2) is 8.41. The number of halogens is 3. The Morgan fingerprint density at radius 1 is 1.14 bits per heavy atom. The smallest absolute Gasteiger partial charge is 0.305 e. The summed E-state index contributed by atoms with van der Waals surface area (Å²) < 4.78 is 16.0. The van der Waals surface area contributed by atoms with Crippen LogP contribution < -0.4 is 5.32 Å². The second-order valence-corrected chi connectivity index (χ2v) is 6.64. The standard InChI is InChI=1S/C17H14Cl2FN5O3/c18-12-7-11(20)2-1-10(12)8-25-9-13(19)16(23-25)21-17(28)14-3-5-24(22-14)6-4-15(26)27/h1-3,5,7,9H,4,6,8H2,(H,26,27)(H,21,23,28). The van der Waals surface area contributed by atoms with Crippen molar-refractivity contribution >= 4 is 40.9 Å². The van der Waals surface area contributed by atoms with Crippen LogP contribution in [0.2, 0.25) is 10.0 Å². The summed E-state index contributed by atoms with van der Waals surface area (Å²) in [4.78, 5) is 22.9. The molecule has 1 amide bonds. The molecule has 0 bridgehead atoms. The molecule has 0 fully saturated rings. The summed E-state index contributed by atoms with van der Waals surface area (Å²) in [5.74, 6) is -1.81. The van der Waals surface area contributed by atoms with Crippen LogP contribution in [0.1, 0.15) is 22.5 Å². The van der Waals surface area contributed by atoms with E-state index >= 15 is 0 Å². The summed E-state index contributed by atoms with van der Waals surface area (Å²) in [5, 5.41) is 19.9. The SMILES string of the molecule is O=C(O)CCn1ccc(C(=O)Nc2nn(Cc3ccc(F)cc3Cl)cc2Cl)n1. The number of hydrogen-bond donors (Lipinski definition) is 2. The molecule has 0 unspecified atom stereocenters. The fraction of sp³-hybridized carbons (Fsp3) is 0.176. The van der Waals surface area contributed by atoms with Crippen molar-refractivity contribution in [2.24, 2.45) is 0 Å². The van der Waals surface area contributed by atoms with Gasteiger partial charge in [-0.1, -0.05) is 29.3 Å². The molecule has 3 aromatic rings. The predicted molar refractivity (Wildman–Crippen MR) is 100 cm³/mol. The maximum atomic E-state index is 13.1. The topological polar surface area (TPSA) is 102 Å². The van der Waals surface area contributed by atoms with E-state index in [9.17, 15) is 14.0 Å². The van der Waals surface area contributed by atoms with E-state index in [2.05, 4.69) is 15.5 Å². The van der Waals surface area contributed by atoms with Crippen molar-refractivity contribution in [3.8, 4) is 0 Å². The highest BCUT2D eigenvalue weighted by molar-refractivity contribution is 6.33. The number of nitrogens with zero attached hydrogens (tertiary/aromatic N) is 4. The molecule has 146 valence electrons. The van der Waals surface area contributed by atoms with Crippen LogP contribution in [0.15, 0.2) is 36.7 Å². The number of benzene rings is 1. The van der Waals surface area contributed by atoms with E-state index in [0.717, 1.165) is 0 Å². The summed E-state index contributed by atoms with van der Waals surface area (Å²) in [7, 11) is 0. The molecule has 1 aromatic carbocycles. The van der Waals surface area contributed by atoms with E-state index < -0.39 is 17.7 Å². The maximum Gasteiger partial charge on any atom is 0.305 e. The van der Waals surface area contributed by atoms with Gasteiger partial charge >= 0.3 is 5.97 Å². The molecule has 0 aliphatic heterocycles. The normalized spacial score (nSPS) is 10.8. The van der Waals surface area contributed by atoms with Crippen molar-refractivity contribution in [3.05, 3.63) is 63.8 Å². The Balaban J connectivity index is 1.68. The van der Waals surface area contributed by atoms with Gasteiger partial charge in [0.1, 0.15) is 10.8 Å². The zero-order chi connectivity index (χ0) is 20.3. The van der Waals surface area contributed by atoms with Crippen molar-refractivity contribution < 1.29 is 19.1 Å². The van der Waals surface area contributed by atoms with E-state index in [4.69, 9.17) is 28.3 Å². The molecule has 3 rings (SSSR count). The molecule has 11 heteroatoms. The van der Waals surface area contributed by atoms with Gasteiger partial charge in [-0.15, -0.1) is 0 Å². The molecule has 2 N–H and O–H groups in total. The Morgan fingerprint density at radius 3 is 2.64 bits per heavy atom. The van der Waals surface area contributed by atoms with Gasteiger partial charge in [-0.3, -0.25) is 19.0 Å². The number of amides is 1. The molecule has 0 aliphatic carbocycles. The molecular weight excluding hydrogens is 412 g/mol. The number of aliphatic carboxylic acids is 1. The summed E-state index contributed by atoms with van der Waals surface area (Å²) in [6.45, 7) is 0.384. The first-order valence-electron chi connectivity index (χ1n) is 8.05. The number of carbonyl (C=O) groups is 2. The third-order valence-electron chi connectivity index (χ3n) is 3.72. The maximum absolute atomic E-state index is 13.1. The first kappa shape index (κ1) is 19.8. The number of carboxylic acid groups (broad SMARTS) is 1. The molecular formula is C17H14Cl2FN5O3. The molecule has 0 saturated heterocycles. The zero-order valence-electron chi connectivity index (χ0n) is 14.3. The molecule has 2 aromatic heterocycles. The number of carbonyl (C=O) groups excluding carboxylic acids is 1. The Bertz CT molecular complexity index is 1030. The Morgan fingerprint density at radius 2 is 1.93 bits per heavy atom. The number of anilines is 1. The van der Waals surface area contributed by atoms with Crippen LogP contribution in [0, 0.1) is 5.82 Å². The Kier molecular flexibility index (Phi) is 5.96. The van der Waals surface area contributed by atoms with Crippen molar-refractivity contribution in [2.75, 3.05) is 5.32 Å². The number of nitrogens with one attached hydrogen (secondary N) is 1. The summed E-state index contributed by atoms with van der Waals surface area (Å²) >= 11 is 12.1. The molecule has 8 nitrogen and oxygen atoms in total. The third-order valence-corrected chi connectivity index (χ3v) is 4.35. The van der Waals surface area contributed by atoms with Gasteiger partial charge in [-0.05, 0) is 23.8 Å². The van der Waals surface area contributed by atoms with E-state index in [-0.39, 0.29) is 41.1 Å². The average molecular weight is 426 g/mol. The minimum Gasteiger partial charge on any atom is -0.481 e. The van der Waals surface area contributed by atoms with Crippen LogP contribution in [0.5, 0.6) is 0 Å². The summed E-state index contributed by atoms with van der Waals surface area (Å²) in [6.07, 6.45) is 2.90. The summed E-state index contributed by atoms with van der Waals surface area (Å²) in [5.41, 5.74) is 0.731. The highest BCUT2D eigenvalue weighted by Gasteiger charge is 2.15.